The van der Waals surface area contributed by atoms with Gasteiger partial charge in [0.2, 0.25) is 15.9 Å². The molecule has 0 aromatic heterocycles. The first kappa shape index (κ1) is 23.0. The zero-order valence-electron chi connectivity index (χ0n) is 17.9. The molecule has 0 aliphatic carbocycles. The van der Waals surface area contributed by atoms with E-state index in [4.69, 9.17) is 4.74 Å². The number of carbonyl (C=O) groups excluding carboxylic acids is 1. The summed E-state index contributed by atoms with van der Waals surface area (Å²) in [5, 5.41) is 2.98. The van der Waals surface area contributed by atoms with E-state index in [1.807, 2.05) is 18.2 Å². The molecule has 1 unspecified atom stereocenters. The fourth-order valence-electron chi connectivity index (χ4n) is 3.73. The molecular formula is C23H29N3O4S. The van der Waals surface area contributed by atoms with Crippen molar-refractivity contribution in [2.24, 2.45) is 0 Å². The number of carbonyl (C=O) groups is 1. The molecule has 2 aromatic carbocycles. The summed E-state index contributed by atoms with van der Waals surface area (Å²) in [6.45, 7) is 2.56. The maximum Gasteiger partial charge on any atom is 0.244 e. The van der Waals surface area contributed by atoms with Gasteiger partial charge in [0.25, 0.3) is 0 Å². The zero-order valence-corrected chi connectivity index (χ0v) is 18.7. The number of ether oxygens (including phenoxy) is 1. The van der Waals surface area contributed by atoms with Crippen LogP contribution in [0.4, 0.5) is 0 Å². The minimum absolute atomic E-state index is 0.0261. The van der Waals surface area contributed by atoms with Crippen LogP contribution in [0, 0.1) is 0 Å². The van der Waals surface area contributed by atoms with E-state index in [2.05, 4.69) is 27.1 Å². The van der Waals surface area contributed by atoms with Crippen LogP contribution < -0.4 is 14.8 Å². The number of nitrogens with one attached hydrogen (secondary N) is 2. The first-order valence-electron chi connectivity index (χ1n) is 10.3. The summed E-state index contributed by atoms with van der Waals surface area (Å²) >= 11 is 0. The monoisotopic (exact) mass is 443 g/mol. The molecule has 1 heterocycles. The number of sulfonamides is 1. The van der Waals surface area contributed by atoms with Gasteiger partial charge in [0, 0.05) is 12.6 Å². The molecule has 0 spiro atoms. The highest BCUT2D eigenvalue weighted by atomic mass is 32.2. The Hall–Kier alpha value is -2.68. The molecule has 1 saturated heterocycles. The molecule has 1 aliphatic heterocycles. The Labute approximate surface area is 184 Å². The number of hydrogen-bond donors (Lipinski definition) is 2. The van der Waals surface area contributed by atoms with Gasteiger partial charge in [-0.25, -0.2) is 13.1 Å². The number of methoxy groups -OCH3 is 1. The highest BCUT2D eigenvalue weighted by Gasteiger charge is 2.23. The summed E-state index contributed by atoms with van der Waals surface area (Å²) in [4.78, 5) is 14.9. The van der Waals surface area contributed by atoms with Gasteiger partial charge in [-0.3, -0.25) is 9.69 Å². The van der Waals surface area contributed by atoms with Crippen molar-refractivity contribution in [3.63, 3.8) is 0 Å². The van der Waals surface area contributed by atoms with Crippen LogP contribution >= 0.6 is 0 Å². The Kier molecular flexibility index (Phi) is 7.84. The van der Waals surface area contributed by atoms with Crippen LogP contribution in [0.25, 0.3) is 6.08 Å². The second kappa shape index (κ2) is 10.6. The molecule has 31 heavy (non-hydrogen) atoms. The zero-order chi connectivity index (χ0) is 22.3. The molecule has 1 aliphatic rings. The van der Waals surface area contributed by atoms with E-state index in [1.54, 1.807) is 18.2 Å². The fourth-order valence-corrected chi connectivity index (χ4v) is 4.66. The standard InChI is InChI=1S/C23H29N3O4S/c1-24-31(28,29)22-16-18(10-12-21(22)30-2)11-13-23(27)25-17-20(26-14-6-7-15-26)19-8-4-3-5-9-19/h3-5,8-13,16,20,24H,6-7,14-15,17H2,1-2H3,(H,25,27)/b13-11+. The van der Waals surface area contributed by atoms with Crippen LogP contribution in [0.3, 0.4) is 0 Å². The molecule has 8 heteroatoms. The highest BCUT2D eigenvalue weighted by Crippen LogP contribution is 2.26. The van der Waals surface area contributed by atoms with Gasteiger partial charge in [-0.2, -0.15) is 0 Å². The fraction of sp³-hybridized carbons (Fsp3) is 0.348. The van der Waals surface area contributed by atoms with E-state index in [0.29, 0.717) is 12.1 Å². The van der Waals surface area contributed by atoms with Crippen LogP contribution in [0.5, 0.6) is 5.75 Å². The number of benzene rings is 2. The van der Waals surface area contributed by atoms with Gasteiger partial charge in [-0.1, -0.05) is 36.4 Å². The Morgan fingerprint density at radius 3 is 2.52 bits per heavy atom. The molecule has 7 nitrogen and oxygen atoms in total. The summed E-state index contributed by atoms with van der Waals surface area (Å²) in [6, 6.07) is 15.1. The van der Waals surface area contributed by atoms with Crippen molar-refractivity contribution in [3.8, 4) is 5.75 Å². The van der Waals surface area contributed by atoms with Gasteiger partial charge in [0.1, 0.15) is 10.6 Å². The minimum atomic E-state index is -3.68. The Bertz CT molecular complexity index is 1020. The lowest BCUT2D eigenvalue weighted by Crippen LogP contribution is -2.36. The summed E-state index contributed by atoms with van der Waals surface area (Å²) in [5.41, 5.74) is 1.77. The number of likely N-dealkylation sites (tertiary alicyclic amines) is 1. The lowest BCUT2D eigenvalue weighted by molar-refractivity contribution is -0.116. The molecule has 0 radical (unpaired) electrons. The normalized spacial score (nSPS) is 15.8. The molecule has 0 saturated carbocycles. The number of nitrogens with zero attached hydrogens (tertiary/aromatic N) is 1. The predicted octanol–water partition coefficient (Wildman–Crippen LogP) is 2.57. The smallest absolute Gasteiger partial charge is 0.244 e. The summed E-state index contributed by atoms with van der Waals surface area (Å²) in [5.74, 6) is 0.0150. The van der Waals surface area contributed by atoms with Gasteiger partial charge in [-0.15, -0.1) is 0 Å². The van der Waals surface area contributed by atoms with E-state index >= 15 is 0 Å². The molecule has 0 bridgehead atoms. The molecular weight excluding hydrogens is 414 g/mol. The predicted molar refractivity (Wildman–Crippen MR) is 121 cm³/mol. The summed E-state index contributed by atoms with van der Waals surface area (Å²) in [6.07, 6.45) is 5.36. The Morgan fingerprint density at radius 1 is 1.16 bits per heavy atom. The lowest BCUT2D eigenvalue weighted by Gasteiger charge is -2.28. The lowest BCUT2D eigenvalue weighted by atomic mass is 10.1. The second-order valence-electron chi connectivity index (χ2n) is 7.37. The Morgan fingerprint density at radius 2 is 1.87 bits per heavy atom. The average molecular weight is 444 g/mol. The maximum atomic E-state index is 12.5. The van der Waals surface area contributed by atoms with Gasteiger partial charge in [-0.05, 0) is 62.3 Å². The van der Waals surface area contributed by atoms with E-state index in [-0.39, 0.29) is 22.6 Å². The van der Waals surface area contributed by atoms with E-state index in [0.717, 1.165) is 13.1 Å². The van der Waals surface area contributed by atoms with E-state index in [9.17, 15) is 13.2 Å². The van der Waals surface area contributed by atoms with Gasteiger partial charge in [0.05, 0.1) is 13.2 Å². The van der Waals surface area contributed by atoms with Crippen LogP contribution in [0.15, 0.2) is 59.5 Å². The first-order chi connectivity index (χ1) is 14.9. The SMILES string of the molecule is CNS(=O)(=O)c1cc(/C=C/C(=O)NCC(c2ccccc2)N2CCCC2)ccc1OC. The molecule has 2 aromatic rings. The van der Waals surface area contributed by atoms with Crippen molar-refractivity contribution < 1.29 is 17.9 Å². The van der Waals surface area contributed by atoms with Gasteiger partial charge >= 0.3 is 0 Å². The molecule has 1 amide bonds. The van der Waals surface area contributed by atoms with Crippen molar-refractivity contribution in [2.45, 2.75) is 23.8 Å². The van der Waals surface area contributed by atoms with E-state index < -0.39 is 10.0 Å². The van der Waals surface area contributed by atoms with E-state index in [1.165, 1.54) is 44.7 Å². The Balaban J connectivity index is 1.69. The number of amides is 1. The third-order valence-electron chi connectivity index (χ3n) is 5.41. The van der Waals surface area contributed by atoms with Crippen LogP contribution in [-0.2, 0) is 14.8 Å². The molecule has 1 fully saturated rings. The van der Waals surface area contributed by atoms with Crippen molar-refractivity contribution >= 4 is 22.0 Å². The average Bonchev–Trinajstić information content (AvgIpc) is 3.33. The minimum Gasteiger partial charge on any atom is -0.495 e. The van der Waals surface area contributed by atoms with Crippen molar-refractivity contribution in [1.82, 2.24) is 14.9 Å². The van der Waals surface area contributed by atoms with Crippen molar-refractivity contribution in [2.75, 3.05) is 33.8 Å². The molecule has 3 rings (SSSR count). The van der Waals surface area contributed by atoms with Crippen LogP contribution in [0.1, 0.15) is 30.0 Å². The van der Waals surface area contributed by atoms with Crippen molar-refractivity contribution in [3.05, 3.63) is 65.7 Å². The largest absolute Gasteiger partial charge is 0.495 e. The first-order valence-corrected chi connectivity index (χ1v) is 11.8. The number of rotatable bonds is 9. The van der Waals surface area contributed by atoms with Crippen LogP contribution in [0.2, 0.25) is 0 Å². The second-order valence-corrected chi connectivity index (χ2v) is 9.22. The van der Waals surface area contributed by atoms with Gasteiger partial charge < -0.3 is 10.1 Å². The molecule has 166 valence electrons. The summed E-state index contributed by atoms with van der Waals surface area (Å²) in [7, 11) is -0.924. The third-order valence-corrected chi connectivity index (χ3v) is 6.84. The van der Waals surface area contributed by atoms with Gasteiger partial charge in [0.15, 0.2) is 0 Å². The maximum absolute atomic E-state index is 12.5. The molecule has 1 atom stereocenters. The quantitative estimate of drug-likeness (QED) is 0.582. The molecule has 2 N–H and O–H groups in total. The van der Waals surface area contributed by atoms with Crippen molar-refractivity contribution in [1.29, 1.82) is 0 Å². The number of hydrogen-bond acceptors (Lipinski definition) is 5. The highest BCUT2D eigenvalue weighted by molar-refractivity contribution is 7.89. The van der Waals surface area contributed by atoms with Crippen LogP contribution in [-0.4, -0.2) is 53.0 Å². The third kappa shape index (κ3) is 5.94. The topological polar surface area (TPSA) is 87.7 Å². The summed E-state index contributed by atoms with van der Waals surface area (Å²) < 4.78 is 31.8.